The van der Waals surface area contributed by atoms with Crippen LogP contribution < -0.4 is 0 Å². The Balaban J connectivity index is 2.67. The molecule has 1 aromatic rings. The fourth-order valence-corrected chi connectivity index (χ4v) is 1.39. The Kier molecular flexibility index (Phi) is 4.64. The van der Waals surface area contributed by atoms with Crippen LogP contribution in [0.4, 0.5) is 9.18 Å². The van der Waals surface area contributed by atoms with E-state index in [1.807, 2.05) is 0 Å². The van der Waals surface area contributed by atoms with Gasteiger partial charge in [0, 0.05) is 7.05 Å². The number of amides is 1. The van der Waals surface area contributed by atoms with Crippen LogP contribution in [0.3, 0.4) is 0 Å². The summed E-state index contributed by atoms with van der Waals surface area (Å²) >= 11 is 0. The Bertz CT molecular complexity index is 480. The number of ketones is 1. The monoisotopic (exact) mass is 267 g/mol. The molecular formula is C14H18FNO3. The van der Waals surface area contributed by atoms with E-state index < -0.39 is 23.3 Å². The van der Waals surface area contributed by atoms with Crippen LogP contribution in [0.25, 0.3) is 0 Å². The topological polar surface area (TPSA) is 46.6 Å². The Hall–Kier alpha value is -1.91. The Labute approximate surface area is 112 Å². The van der Waals surface area contributed by atoms with E-state index >= 15 is 0 Å². The van der Waals surface area contributed by atoms with Gasteiger partial charge in [-0.15, -0.1) is 0 Å². The number of hydrogen-bond donors (Lipinski definition) is 0. The number of carbonyl (C=O) groups excluding carboxylic acids is 2. The number of likely N-dealkylation sites (N-methyl/N-ethyl adjacent to an activating group) is 1. The standard InChI is InChI=1S/C14H18FNO3/c1-14(2,3)19-13(18)16(4)9-12(17)10-7-5-6-8-11(10)15/h5-8H,9H2,1-4H3. The molecule has 0 heterocycles. The first-order valence-corrected chi connectivity index (χ1v) is 5.92. The number of Topliss-reactive ketones (excluding diaryl/α,β-unsaturated/α-hetero) is 1. The van der Waals surface area contributed by atoms with Crippen LogP contribution in [0.2, 0.25) is 0 Å². The fourth-order valence-electron chi connectivity index (χ4n) is 1.39. The van der Waals surface area contributed by atoms with E-state index in [1.165, 1.54) is 25.2 Å². The first-order valence-electron chi connectivity index (χ1n) is 5.92. The smallest absolute Gasteiger partial charge is 0.410 e. The van der Waals surface area contributed by atoms with Crippen molar-refractivity contribution in [3.05, 3.63) is 35.6 Å². The number of rotatable bonds is 3. The molecule has 0 aliphatic carbocycles. The number of nitrogens with zero attached hydrogens (tertiary/aromatic N) is 1. The predicted octanol–water partition coefficient (Wildman–Crippen LogP) is 2.88. The number of benzene rings is 1. The molecule has 0 N–H and O–H groups in total. The lowest BCUT2D eigenvalue weighted by Crippen LogP contribution is -2.37. The summed E-state index contributed by atoms with van der Waals surface area (Å²) in [5.41, 5.74) is -0.662. The van der Waals surface area contributed by atoms with Gasteiger partial charge in [0.2, 0.25) is 0 Å². The van der Waals surface area contributed by atoms with Crippen molar-refractivity contribution in [3.63, 3.8) is 0 Å². The Morgan fingerprint density at radius 2 is 1.84 bits per heavy atom. The minimum atomic E-state index is -0.633. The van der Waals surface area contributed by atoms with Crippen LogP contribution in [0.5, 0.6) is 0 Å². The van der Waals surface area contributed by atoms with Gasteiger partial charge in [-0.1, -0.05) is 12.1 Å². The van der Waals surface area contributed by atoms with Gasteiger partial charge in [-0.2, -0.15) is 0 Å². The van der Waals surface area contributed by atoms with Crippen molar-refractivity contribution < 1.29 is 18.7 Å². The zero-order valence-electron chi connectivity index (χ0n) is 11.6. The van der Waals surface area contributed by atoms with Crippen molar-refractivity contribution in [1.82, 2.24) is 4.90 Å². The minimum absolute atomic E-state index is 0.0297. The number of hydrogen-bond acceptors (Lipinski definition) is 3. The van der Waals surface area contributed by atoms with Crippen LogP contribution in [-0.4, -0.2) is 36.0 Å². The molecule has 104 valence electrons. The van der Waals surface area contributed by atoms with E-state index in [0.717, 1.165) is 4.90 Å². The second kappa shape index (κ2) is 5.82. The van der Waals surface area contributed by atoms with Crippen molar-refractivity contribution in [2.45, 2.75) is 26.4 Å². The van der Waals surface area contributed by atoms with Crippen molar-refractivity contribution in [3.8, 4) is 0 Å². The third-order valence-corrected chi connectivity index (χ3v) is 2.26. The van der Waals surface area contributed by atoms with Gasteiger partial charge in [0.05, 0.1) is 12.1 Å². The van der Waals surface area contributed by atoms with Gasteiger partial charge in [0.25, 0.3) is 0 Å². The second-order valence-corrected chi connectivity index (χ2v) is 5.24. The van der Waals surface area contributed by atoms with Gasteiger partial charge in [-0.05, 0) is 32.9 Å². The lowest BCUT2D eigenvalue weighted by atomic mass is 10.1. The minimum Gasteiger partial charge on any atom is -0.444 e. The highest BCUT2D eigenvalue weighted by Crippen LogP contribution is 2.11. The molecule has 0 saturated carbocycles. The van der Waals surface area contributed by atoms with Crippen molar-refractivity contribution in [2.75, 3.05) is 13.6 Å². The maximum absolute atomic E-state index is 13.4. The molecule has 0 unspecified atom stereocenters. The summed E-state index contributed by atoms with van der Waals surface area (Å²) in [6.07, 6.45) is -0.614. The largest absolute Gasteiger partial charge is 0.444 e. The van der Waals surface area contributed by atoms with Crippen LogP contribution in [0.15, 0.2) is 24.3 Å². The number of halogens is 1. The van der Waals surface area contributed by atoms with E-state index in [0.29, 0.717) is 0 Å². The van der Waals surface area contributed by atoms with Gasteiger partial charge in [0.15, 0.2) is 5.78 Å². The Morgan fingerprint density at radius 1 is 1.26 bits per heavy atom. The first-order chi connectivity index (χ1) is 8.70. The third-order valence-electron chi connectivity index (χ3n) is 2.26. The molecule has 0 radical (unpaired) electrons. The van der Waals surface area contributed by atoms with Gasteiger partial charge < -0.3 is 9.64 Å². The van der Waals surface area contributed by atoms with Crippen molar-refractivity contribution >= 4 is 11.9 Å². The van der Waals surface area contributed by atoms with Crippen molar-refractivity contribution in [2.24, 2.45) is 0 Å². The molecule has 0 aliphatic heterocycles. The maximum Gasteiger partial charge on any atom is 0.410 e. The average molecular weight is 267 g/mol. The van der Waals surface area contributed by atoms with E-state index in [2.05, 4.69) is 0 Å². The SMILES string of the molecule is CN(CC(=O)c1ccccc1F)C(=O)OC(C)(C)C. The molecule has 1 rings (SSSR count). The molecule has 0 fully saturated rings. The zero-order valence-corrected chi connectivity index (χ0v) is 11.6. The number of ether oxygens (including phenoxy) is 1. The van der Waals surface area contributed by atoms with Crippen LogP contribution >= 0.6 is 0 Å². The maximum atomic E-state index is 13.4. The summed E-state index contributed by atoms with van der Waals surface area (Å²) in [5.74, 6) is -1.06. The molecular weight excluding hydrogens is 249 g/mol. The van der Waals surface area contributed by atoms with Gasteiger partial charge in [0.1, 0.15) is 11.4 Å². The molecule has 0 bridgehead atoms. The third kappa shape index (κ3) is 4.69. The van der Waals surface area contributed by atoms with E-state index in [4.69, 9.17) is 4.74 Å². The summed E-state index contributed by atoms with van der Waals surface area (Å²) in [4.78, 5) is 24.6. The molecule has 1 amide bonds. The predicted molar refractivity (Wildman–Crippen MR) is 69.6 cm³/mol. The molecule has 19 heavy (non-hydrogen) atoms. The lowest BCUT2D eigenvalue weighted by Gasteiger charge is -2.24. The summed E-state index contributed by atoms with van der Waals surface area (Å²) < 4.78 is 18.5. The van der Waals surface area contributed by atoms with Crippen LogP contribution in [-0.2, 0) is 4.74 Å². The molecule has 5 heteroatoms. The molecule has 4 nitrogen and oxygen atoms in total. The highest BCUT2D eigenvalue weighted by Gasteiger charge is 2.22. The quantitative estimate of drug-likeness (QED) is 0.791. The zero-order chi connectivity index (χ0) is 14.6. The van der Waals surface area contributed by atoms with Gasteiger partial charge in [-0.25, -0.2) is 9.18 Å². The van der Waals surface area contributed by atoms with Gasteiger partial charge >= 0.3 is 6.09 Å². The van der Waals surface area contributed by atoms with E-state index in [9.17, 15) is 14.0 Å². The molecule has 1 aromatic carbocycles. The molecule has 0 spiro atoms. The highest BCUT2D eigenvalue weighted by atomic mass is 19.1. The first kappa shape index (κ1) is 15.1. The summed E-state index contributed by atoms with van der Waals surface area (Å²) in [6.45, 7) is 4.97. The average Bonchev–Trinajstić information content (AvgIpc) is 2.27. The second-order valence-electron chi connectivity index (χ2n) is 5.24. The lowest BCUT2D eigenvalue weighted by molar-refractivity contribution is 0.0294. The summed E-state index contributed by atoms with van der Waals surface area (Å²) in [7, 11) is 1.44. The van der Waals surface area contributed by atoms with E-state index in [-0.39, 0.29) is 12.1 Å². The van der Waals surface area contributed by atoms with Crippen LogP contribution in [0.1, 0.15) is 31.1 Å². The summed E-state index contributed by atoms with van der Waals surface area (Å²) in [5, 5.41) is 0. The van der Waals surface area contributed by atoms with Crippen LogP contribution in [0, 0.1) is 5.82 Å². The molecule has 0 aliphatic rings. The summed E-state index contributed by atoms with van der Waals surface area (Å²) in [6, 6.07) is 5.68. The highest BCUT2D eigenvalue weighted by molar-refractivity contribution is 5.99. The molecule has 0 atom stereocenters. The normalized spacial score (nSPS) is 11.0. The molecule has 0 saturated heterocycles. The molecule has 0 aromatic heterocycles. The van der Waals surface area contributed by atoms with E-state index in [1.54, 1.807) is 26.8 Å². The Morgan fingerprint density at radius 3 is 2.37 bits per heavy atom. The fraction of sp³-hybridized carbons (Fsp3) is 0.429. The number of carbonyl (C=O) groups is 2. The van der Waals surface area contributed by atoms with Crippen molar-refractivity contribution in [1.29, 1.82) is 0 Å². The van der Waals surface area contributed by atoms with Gasteiger partial charge in [-0.3, -0.25) is 4.79 Å².